The Balaban J connectivity index is 1.79. The third-order valence-electron chi connectivity index (χ3n) is 3.19. The minimum absolute atomic E-state index is 0.573. The molecule has 0 saturated carbocycles. The van der Waals surface area contributed by atoms with E-state index < -0.39 is 0 Å². The first-order valence-electron chi connectivity index (χ1n) is 6.98. The molecule has 6 nitrogen and oxygen atoms in total. The number of benzene rings is 1. The first-order chi connectivity index (χ1) is 11.3. The molecule has 3 aromatic rings. The molecule has 0 bridgehead atoms. The number of hydrogen-bond acceptors (Lipinski definition) is 6. The summed E-state index contributed by atoms with van der Waals surface area (Å²) in [6.07, 6.45) is 1.78. The van der Waals surface area contributed by atoms with Crippen molar-refractivity contribution in [2.75, 3.05) is 14.2 Å². The minimum atomic E-state index is 0.573. The molecule has 0 saturated heterocycles. The topological polar surface area (TPSA) is 72.9 Å². The number of nitrogens with zero attached hydrogens (tertiary/aromatic N) is 3. The second-order valence-corrected chi connectivity index (χ2v) is 5.58. The van der Waals surface area contributed by atoms with E-state index in [9.17, 15) is 0 Å². The van der Waals surface area contributed by atoms with E-state index in [0.29, 0.717) is 17.3 Å². The van der Waals surface area contributed by atoms with Crippen LogP contribution in [0.4, 0.5) is 0 Å². The Morgan fingerprint density at radius 3 is 2.74 bits per heavy atom. The van der Waals surface area contributed by atoms with Crippen molar-refractivity contribution in [2.24, 2.45) is 0 Å². The Labute approximate surface area is 138 Å². The number of nitrogens with one attached hydrogen (secondary N) is 1. The zero-order valence-electron chi connectivity index (χ0n) is 12.8. The molecule has 0 radical (unpaired) electrons. The number of para-hydroxylation sites is 1. The predicted octanol–water partition coefficient (Wildman–Crippen LogP) is 3.18. The molecule has 0 spiro atoms. The monoisotopic (exact) mass is 328 g/mol. The number of pyridine rings is 1. The van der Waals surface area contributed by atoms with E-state index >= 15 is 0 Å². The van der Waals surface area contributed by atoms with E-state index in [1.165, 1.54) is 0 Å². The number of ether oxygens (including phenoxy) is 2. The maximum atomic E-state index is 5.42. The van der Waals surface area contributed by atoms with Crippen LogP contribution in [0.1, 0.15) is 5.69 Å². The fourth-order valence-corrected chi connectivity index (χ4v) is 2.84. The summed E-state index contributed by atoms with van der Waals surface area (Å²) in [5.41, 5.74) is 1.78. The molecule has 0 aliphatic rings. The quantitative estimate of drug-likeness (QED) is 0.701. The average Bonchev–Trinajstić information content (AvgIpc) is 3.09. The third-order valence-corrected chi connectivity index (χ3v) is 4.09. The maximum absolute atomic E-state index is 5.42. The Morgan fingerprint density at radius 1 is 1.09 bits per heavy atom. The summed E-state index contributed by atoms with van der Waals surface area (Å²) in [5.74, 6) is 2.57. The van der Waals surface area contributed by atoms with Gasteiger partial charge in [-0.25, -0.2) is 4.98 Å². The van der Waals surface area contributed by atoms with Crippen LogP contribution >= 0.6 is 11.8 Å². The van der Waals surface area contributed by atoms with E-state index in [-0.39, 0.29) is 0 Å². The minimum Gasteiger partial charge on any atom is -0.493 e. The molecule has 0 atom stereocenters. The summed E-state index contributed by atoms with van der Waals surface area (Å²) in [4.78, 5) is 8.80. The average molecular weight is 328 g/mol. The van der Waals surface area contributed by atoms with Gasteiger partial charge in [0.15, 0.2) is 22.5 Å². The highest BCUT2D eigenvalue weighted by Gasteiger charge is 2.15. The van der Waals surface area contributed by atoms with Gasteiger partial charge in [-0.3, -0.25) is 10.1 Å². The second kappa shape index (κ2) is 7.15. The van der Waals surface area contributed by atoms with Gasteiger partial charge in [0.2, 0.25) is 0 Å². The number of aromatic nitrogens is 4. The van der Waals surface area contributed by atoms with E-state index in [0.717, 1.165) is 22.2 Å². The lowest BCUT2D eigenvalue weighted by atomic mass is 10.2. The van der Waals surface area contributed by atoms with Crippen molar-refractivity contribution in [1.82, 2.24) is 20.2 Å². The van der Waals surface area contributed by atoms with E-state index in [1.807, 2.05) is 36.4 Å². The molecular formula is C16H16N4O2S. The van der Waals surface area contributed by atoms with Gasteiger partial charge in [0.25, 0.3) is 0 Å². The Bertz CT molecular complexity index is 777. The number of methoxy groups -OCH3 is 2. The molecule has 0 aliphatic heterocycles. The normalized spacial score (nSPS) is 10.5. The van der Waals surface area contributed by atoms with Crippen LogP contribution in [0.5, 0.6) is 11.5 Å². The third kappa shape index (κ3) is 3.45. The van der Waals surface area contributed by atoms with Crippen molar-refractivity contribution >= 4 is 11.8 Å². The lowest BCUT2D eigenvalue weighted by Crippen LogP contribution is -1.94. The van der Waals surface area contributed by atoms with Crippen LogP contribution in [-0.2, 0) is 5.75 Å². The predicted molar refractivity (Wildman–Crippen MR) is 88.7 cm³/mol. The van der Waals surface area contributed by atoms with Gasteiger partial charge in [0.05, 0.1) is 25.5 Å². The van der Waals surface area contributed by atoms with Crippen molar-refractivity contribution in [3.8, 4) is 22.9 Å². The van der Waals surface area contributed by atoms with Crippen molar-refractivity contribution < 1.29 is 9.47 Å². The summed E-state index contributed by atoms with van der Waals surface area (Å²) < 4.78 is 10.7. The van der Waals surface area contributed by atoms with Crippen LogP contribution in [0.3, 0.4) is 0 Å². The van der Waals surface area contributed by atoms with Crippen LogP contribution in [0.15, 0.2) is 47.8 Å². The highest BCUT2D eigenvalue weighted by Crippen LogP contribution is 2.36. The van der Waals surface area contributed by atoms with Crippen LogP contribution < -0.4 is 9.47 Å². The SMILES string of the molecule is COc1cccc(-c2n[nH]c(SCc3ccccn3)n2)c1OC. The number of hydrogen-bond donors (Lipinski definition) is 1. The summed E-state index contributed by atoms with van der Waals surface area (Å²) in [6, 6.07) is 11.5. The van der Waals surface area contributed by atoms with Crippen molar-refractivity contribution in [3.05, 3.63) is 48.3 Å². The number of thioether (sulfide) groups is 1. The highest BCUT2D eigenvalue weighted by atomic mass is 32.2. The van der Waals surface area contributed by atoms with Gasteiger partial charge in [-0.05, 0) is 24.3 Å². The van der Waals surface area contributed by atoms with Gasteiger partial charge in [-0.15, -0.1) is 0 Å². The Kier molecular flexibility index (Phi) is 4.77. The van der Waals surface area contributed by atoms with Gasteiger partial charge in [-0.1, -0.05) is 23.9 Å². The number of aromatic amines is 1. The smallest absolute Gasteiger partial charge is 0.185 e. The summed E-state index contributed by atoms with van der Waals surface area (Å²) in [7, 11) is 3.21. The molecule has 1 aromatic carbocycles. The Morgan fingerprint density at radius 2 is 2.00 bits per heavy atom. The molecule has 2 heterocycles. The molecule has 23 heavy (non-hydrogen) atoms. The lowest BCUT2D eigenvalue weighted by Gasteiger charge is -2.09. The second-order valence-electron chi connectivity index (χ2n) is 4.62. The zero-order valence-corrected chi connectivity index (χ0v) is 13.6. The van der Waals surface area contributed by atoms with E-state index in [1.54, 1.807) is 32.2 Å². The van der Waals surface area contributed by atoms with Gasteiger partial charge in [0, 0.05) is 11.9 Å². The van der Waals surface area contributed by atoms with Gasteiger partial charge < -0.3 is 9.47 Å². The molecular weight excluding hydrogens is 312 g/mol. The van der Waals surface area contributed by atoms with Crippen LogP contribution in [0.25, 0.3) is 11.4 Å². The molecule has 0 fully saturated rings. The van der Waals surface area contributed by atoms with E-state index in [2.05, 4.69) is 20.2 Å². The zero-order chi connectivity index (χ0) is 16.1. The maximum Gasteiger partial charge on any atom is 0.185 e. The number of H-pyrrole nitrogens is 1. The van der Waals surface area contributed by atoms with Gasteiger partial charge >= 0.3 is 0 Å². The van der Waals surface area contributed by atoms with Crippen molar-refractivity contribution in [1.29, 1.82) is 0 Å². The summed E-state index contributed by atoms with van der Waals surface area (Å²) >= 11 is 1.55. The van der Waals surface area contributed by atoms with Gasteiger partial charge in [-0.2, -0.15) is 5.10 Å². The molecule has 2 aromatic heterocycles. The Hall–Kier alpha value is -2.54. The lowest BCUT2D eigenvalue weighted by molar-refractivity contribution is 0.356. The largest absolute Gasteiger partial charge is 0.493 e. The fraction of sp³-hybridized carbons (Fsp3) is 0.188. The van der Waals surface area contributed by atoms with Crippen LogP contribution in [0, 0.1) is 0 Å². The molecule has 118 valence electrons. The molecule has 0 amide bonds. The van der Waals surface area contributed by atoms with Crippen molar-refractivity contribution in [2.45, 2.75) is 10.9 Å². The van der Waals surface area contributed by atoms with Crippen LogP contribution in [-0.4, -0.2) is 34.4 Å². The first-order valence-corrected chi connectivity index (χ1v) is 7.97. The molecule has 0 unspecified atom stereocenters. The highest BCUT2D eigenvalue weighted by molar-refractivity contribution is 7.98. The fourth-order valence-electron chi connectivity index (χ4n) is 2.12. The van der Waals surface area contributed by atoms with Crippen molar-refractivity contribution in [3.63, 3.8) is 0 Å². The first kappa shape index (κ1) is 15.4. The summed E-state index contributed by atoms with van der Waals surface area (Å²) in [6.45, 7) is 0. The molecule has 7 heteroatoms. The van der Waals surface area contributed by atoms with Crippen LogP contribution in [0.2, 0.25) is 0 Å². The molecule has 0 aliphatic carbocycles. The molecule has 1 N–H and O–H groups in total. The van der Waals surface area contributed by atoms with E-state index in [4.69, 9.17) is 9.47 Å². The van der Waals surface area contributed by atoms with Gasteiger partial charge in [0.1, 0.15) is 0 Å². The standard InChI is InChI=1S/C16H16N4O2S/c1-21-13-8-5-7-12(14(13)22-2)15-18-16(20-19-15)23-10-11-6-3-4-9-17-11/h3-9H,10H2,1-2H3,(H,18,19,20). The number of rotatable bonds is 6. The summed E-state index contributed by atoms with van der Waals surface area (Å²) in [5, 5.41) is 7.94. The molecule has 3 rings (SSSR count).